The van der Waals surface area contributed by atoms with Crippen molar-refractivity contribution in [2.24, 2.45) is 0 Å². The van der Waals surface area contributed by atoms with Gasteiger partial charge in [0.25, 0.3) is 15.7 Å². The molecule has 0 saturated carbocycles. The van der Waals surface area contributed by atoms with E-state index >= 15 is 0 Å². The van der Waals surface area contributed by atoms with Gasteiger partial charge in [-0.2, -0.15) is 0 Å². The van der Waals surface area contributed by atoms with Crippen molar-refractivity contribution in [3.05, 3.63) is 86.9 Å². The predicted octanol–water partition coefficient (Wildman–Crippen LogP) is 5.46. The molecular weight excluding hydrogens is 416 g/mol. The topological polar surface area (TPSA) is 98.5 Å². The van der Waals surface area contributed by atoms with Crippen molar-refractivity contribution in [1.82, 2.24) is 0 Å². The van der Waals surface area contributed by atoms with Crippen molar-refractivity contribution in [1.29, 1.82) is 0 Å². The molecule has 0 aromatic heterocycles. The lowest BCUT2D eigenvalue weighted by atomic mass is 10.2. The summed E-state index contributed by atoms with van der Waals surface area (Å²) >= 11 is 5.93. The molecule has 0 unspecified atom stereocenters. The summed E-state index contributed by atoms with van der Waals surface area (Å²) in [6.07, 6.45) is 0. The normalized spacial score (nSPS) is 11.1. The maximum Gasteiger partial charge on any atom is 0.275 e. The number of nitro benzene ring substituents is 1. The van der Waals surface area contributed by atoms with Crippen LogP contribution in [0.1, 0.15) is 11.1 Å². The van der Waals surface area contributed by atoms with E-state index in [2.05, 4.69) is 4.72 Å². The van der Waals surface area contributed by atoms with E-state index in [0.29, 0.717) is 10.8 Å². The number of non-ortho nitro benzene ring substituents is 1. The lowest BCUT2D eigenvalue weighted by molar-refractivity contribution is -0.384. The minimum absolute atomic E-state index is 0.0152. The van der Waals surface area contributed by atoms with Gasteiger partial charge in [0.1, 0.15) is 11.5 Å². The van der Waals surface area contributed by atoms with Crippen LogP contribution < -0.4 is 9.46 Å². The molecule has 3 aromatic carbocycles. The molecule has 0 spiro atoms. The largest absolute Gasteiger partial charge is 0.457 e. The third-order valence-electron chi connectivity index (χ3n) is 4.05. The fraction of sp³-hybridized carbons (Fsp3) is 0.100. The van der Waals surface area contributed by atoms with Gasteiger partial charge in [-0.1, -0.05) is 29.3 Å². The van der Waals surface area contributed by atoms with Gasteiger partial charge in [-0.15, -0.1) is 0 Å². The Morgan fingerprint density at radius 3 is 2.31 bits per heavy atom. The van der Waals surface area contributed by atoms with Crippen LogP contribution in [0.25, 0.3) is 0 Å². The minimum Gasteiger partial charge on any atom is -0.457 e. The van der Waals surface area contributed by atoms with Crippen LogP contribution in [0.4, 0.5) is 11.4 Å². The van der Waals surface area contributed by atoms with E-state index in [1.165, 1.54) is 24.3 Å². The Balaban J connectivity index is 1.96. The molecule has 0 aliphatic carbocycles. The van der Waals surface area contributed by atoms with Gasteiger partial charge in [-0.3, -0.25) is 14.8 Å². The first-order chi connectivity index (χ1) is 13.6. The molecule has 0 aliphatic heterocycles. The third kappa shape index (κ3) is 5.04. The minimum atomic E-state index is -3.92. The average Bonchev–Trinajstić information content (AvgIpc) is 2.64. The van der Waals surface area contributed by atoms with Crippen LogP contribution in [0, 0.1) is 24.0 Å². The smallest absolute Gasteiger partial charge is 0.275 e. The van der Waals surface area contributed by atoms with Crippen molar-refractivity contribution >= 4 is 33.0 Å². The summed E-state index contributed by atoms with van der Waals surface area (Å²) in [6, 6.07) is 14.9. The van der Waals surface area contributed by atoms with Crippen molar-refractivity contribution in [2.75, 3.05) is 4.72 Å². The zero-order valence-electron chi connectivity index (χ0n) is 15.5. The number of ether oxygens (including phenoxy) is 1. The van der Waals surface area contributed by atoms with Crippen LogP contribution in [-0.4, -0.2) is 13.3 Å². The molecule has 0 radical (unpaired) electrons. The number of halogens is 1. The van der Waals surface area contributed by atoms with E-state index < -0.39 is 14.9 Å². The fourth-order valence-corrected chi connectivity index (χ4v) is 3.86. The van der Waals surface area contributed by atoms with Gasteiger partial charge < -0.3 is 4.74 Å². The molecule has 9 heteroatoms. The summed E-state index contributed by atoms with van der Waals surface area (Å²) < 4.78 is 33.3. The SMILES string of the molecule is Cc1ccc(S(=O)(=O)Nc2cc(Oc3ccc(Cl)cc3C)cc([N+](=O)[O-])c2)cc1. The molecule has 3 aromatic rings. The summed E-state index contributed by atoms with van der Waals surface area (Å²) in [5.41, 5.74) is 1.34. The highest BCUT2D eigenvalue weighted by molar-refractivity contribution is 7.92. The average molecular weight is 433 g/mol. The molecule has 7 nitrogen and oxygen atoms in total. The van der Waals surface area contributed by atoms with E-state index in [9.17, 15) is 18.5 Å². The van der Waals surface area contributed by atoms with Crippen molar-refractivity contribution < 1.29 is 18.1 Å². The lowest BCUT2D eigenvalue weighted by Gasteiger charge is -2.12. The van der Waals surface area contributed by atoms with E-state index in [0.717, 1.165) is 17.2 Å². The number of nitrogens with zero attached hydrogens (tertiary/aromatic N) is 1. The molecule has 0 aliphatic rings. The highest BCUT2D eigenvalue weighted by Gasteiger charge is 2.18. The number of hydrogen-bond acceptors (Lipinski definition) is 5. The number of sulfonamides is 1. The first kappa shape index (κ1) is 20.6. The molecule has 0 saturated heterocycles. The first-order valence-corrected chi connectivity index (χ1v) is 10.3. The van der Waals surface area contributed by atoms with Gasteiger partial charge in [-0.25, -0.2) is 8.42 Å². The Morgan fingerprint density at radius 2 is 1.69 bits per heavy atom. The number of hydrogen-bond donors (Lipinski definition) is 1. The van der Waals surface area contributed by atoms with Crippen LogP contribution in [0.15, 0.2) is 65.6 Å². The molecule has 0 bridgehead atoms. The summed E-state index contributed by atoms with van der Waals surface area (Å²) in [5.74, 6) is 0.563. The zero-order chi connectivity index (χ0) is 21.2. The number of rotatable bonds is 6. The highest BCUT2D eigenvalue weighted by Crippen LogP contribution is 2.33. The highest BCUT2D eigenvalue weighted by atomic mass is 35.5. The molecule has 29 heavy (non-hydrogen) atoms. The quantitative estimate of drug-likeness (QED) is 0.412. The van der Waals surface area contributed by atoms with Gasteiger partial charge in [0.05, 0.1) is 21.6 Å². The number of anilines is 1. The van der Waals surface area contributed by atoms with E-state index in [1.807, 2.05) is 6.92 Å². The Kier molecular flexibility index (Phi) is 5.76. The van der Waals surface area contributed by atoms with Gasteiger partial charge in [0.2, 0.25) is 0 Å². The zero-order valence-corrected chi connectivity index (χ0v) is 17.1. The van der Waals surface area contributed by atoms with Crippen LogP contribution in [0.2, 0.25) is 5.02 Å². The summed E-state index contributed by atoms with van der Waals surface area (Å²) in [7, 11) is -3.92. The second kappa shape index (κ2) is 8.10. The van der Waals surface area contributed by atoms with Crippen LogP contribution >= 0.6 is 11.6 Å². The van der Waals surface area contributed by atoms with Crippen LogP contribution in [-0.2, 0) is 10.0 Å². The van der Waals surface area contributed by atoms with Crippen LogP contribution in [0.3, 0.4) is 0 Å². The molecule has 1 N–H and O–H groups in total. The van der Waals surface area contributed by atoms with Gasteiger partial charge >= 0.3 is 0 Å². The summed E-state index contributed by atoms with van der Waals surface area (Å²) in [6.45, 7) is 3.62. The third-order valence-corrected chi connectivity index (χ3v) is 5.68. The summed E-state index contributed by atoms with van der Waals surface area (Å²) in [5, 5.41) is 11.8. The molecule has 150 valence electrons. The molecule has 0 fully saturated rings. The van der Waals surface area contributed by atoms with E-state index in [4.69, 9.17) is 16.3 Å². The number of aryl methyl sites for hydroxylation is 2. The summed E-state index contributed by atoms with van der Waals surface area (Å²) in [4.78, 5) is 10.7. The second-order valence-electron chi connectivity index (χ2n) is 6.40. The fourth-order valence-electron chi connectivity index (χ4n) is 2.59. The Morgan fingerprint density at radius 1 is 1.00 bits per heavy atom. The lowest BCUT2D eigenvalue weighted by Crippen LogP contribution is -2.13. The Labute approximate surface area is 173 Å². The number of nitrogens with one attached hydrogen (secondary N) is 1. The Hall–Kier alpha value is -3.10. The maximum atomic E-state index is 12.6. The molecule has 0 heterocycles. The second-order valence-corrected chi connectivity index (χ2v) is 8.52. The van der Waals surface area contributed by atoms with Gasteiger partial charge in [0.15, 0.2) is 0 Å². The Bertz CT molecular complexity index is 1180. The van der Waals surface area contributed by atoms with Gasteiger partial charge in [-0.05, 0) is 49.7 Å². The monoisotopic (exact) mass is 432 g/mol. The van der Waals surface area contributed by atoms with Crippen molar-refractivity contribution in [2.45, 2.75) is 18.7 Å². The van der Waals surface area contributed by atoms with E-state index in [-0.39, 0.29) is 22.0 Å². The van der Waals surface area contributed by atoms with Crippen LogP contribution in [0.5, 0.6) is 11.5 Å². The van der Waals surface area contributed by atoms with Gasteiger partial charge in [0, 0.05) is 17.2 Å². The predicted molar refractivity (Wildman–Crippen MR) is 111 cm³/mol. The maximum absolute atomic E-state index is 12.6. The number of nitro groups is 1. The molecule has 0 atom stereocenters. The number of benzene rings is 3. The van der Waals surface area contributed by atoms with Crippen molar-refractivity contribution in [3.63, 3.8) is 0 Å². The van der Waals surface area contributed by atoms with E-state index in [1.54, 1.807) is 37.3 Å². The molecule has 3 rings (SSSR count). The standard InChI is InChI=1S/C20H17ClN2O5S/c1-13-3-6-19(7-4-13)29(26,27)22-16-10-17(23(24)25)12-18(11-16)28-20-8-5-15(21)9-14(20)2/h3-12,22H,1-2H3. The van der Waals surface area contributed by atoms with Crippen molar-refractivity contribution in [3.8, 4) is 11.5 Å². The molecule has 0 amide bonds. The molecular formula is C20H17ClN2O5S. The first-order valence-electron chi connectivity index (χ1n) is 8.47.